The second-order valence-electron chi connectivity index (χ2n) is 5.80. The van der Waals surface area contributed by atoms with Crippen molar-refractivity contribution in [3.8, 4) is 5.75 Å². The summed E-state index contributed by atoms with van der Waals surface area (Å²) in [5, 5.41) is 52.0. The highest BCUT2D eigenvalue weighted by molar-refractivity contribution is 8.14. The molecule has 27 heavy (non-hydrogen) atoms. The van der Waals surface area contributed by atoms with E-state index in [2.05, 4.69) is 15.3 Å². The van der Waals surface area contributed by atoms with Crippen molar-refractivity contribution in [2.24, 2.45) is 5.16 Å². The van der Waals surface area contributed by atoms with Crippen LogP contribution < -0.4 is 0 Å². The van der Waals surface area contributed by atoms with Crippen molar-refractivity contribution in [1.82, 2.24) is 0 Å². The highest BCUT2D eigenvalue weighted by Gasteiger charge is 2.44. The molecular formula is C15H21NO9S2. The number of nitrogens with zero attached hydrogens (tertiary/aromatic N) is 1. The summed E-state index contributed by atoms with van der Waals surface area (Å²) in [6, 6.07) is 6.03. The third kappa shape index (κ3) is 6.33. The number of hydrogen-bond acceptors (Lipinski definition) is 10. The first kappa shape index (κ1) is 21.9. The highest BCUT2D eigenvalue weighted by atomic mass is 32.2. The van der Waals surface area contributed by atoms with Gasteiger partial charge in [-0.05, 0) is 17.7 Å². The third-order valence-corrected chi connectivity index (χ3v) is 5.07. The van der Waals surface area contributed by atoms with Crippen LogP contribution in [0.15, 0.2) is 29.4 Å². The Kier molecular flexibility index (Phi) is 7.47. The first-order valence-electron chi connectivity index (χ1n) is 7.71. The Morgan fingerprint density at radius 2 is 1.85 bits per heavy atom. The molecule has 1 aliphatic heterocycles. The topological polar surface area (TPSA) is 169 Å². The lowest BCUT2D eigenvalue weighted by molar-refractivity contribution is -0.205. The van der Waals surface area contributed by atoms with Crippen LogP contribution in [0.2, 0.25) is 0 Å². The summed E-state index contributed by atoms with van der Waals surface area (Å²) in [6.45, 7) is -0.591. The van der Waals surface area contributed by atoms with Crippen molar-refractivity contribution in [1.29, 1.82) is 0 Å². The number of oxime groups is 1. The van der Waals surface area contributed by atoms with Crippen LogP contribution in [0.1, 0.15) is 5.56 Å². The van der Waals surface area contributed by atoms with E-state index in [-0.39, 0.29) is 17.2 Å². The van der Waals surface area contributed by atoms with Gasteiger partial charge in [-0.2, -0.15) is 4.21 Å². The fourth-order valence-corrected chi connectivity index (χ4v) is 3.63. The van der Waals surface area contributed by atoms with E-state index < -0.39 is 46.5 Å². The molecule has 0 spiro atoms. The molecule has 6 N–H and O–H groups in total. The predicted octanol–water partition coefficient (Wildman–Crippen LogP) is -1.10. The van der Waals surface area contributed by atoms with Crippen LogP contribution in [0.3, 0.4) is 0 Å². The molecule has 1 aliphatic rings. The molecular weight excluding hydrogens is 402 g/mol. The number of thioether (sulfide) groups is 1. The lowest BCUT2D eigenvalue weighted by Crippen LogP contribution is -2.57. The van der Waals surface area contributed by atoms with Gasteiger partial charge in [0.2, 0.25) is 0 Å². The Morgan fingerprint density at radius 1 is 1.22 bits per heavy atom. The number of phenolic OH excluding ortho intramolecular Hbond substituents is 1. The summed E-state index contributed by atoms with van der Waals surface area (Å²) in [5.41, 5.74) is -0.486. The quantitative estimate of drug-likeness (QED) is 0.143. The summed E-state index contributed by atoms with van der Waals surface area (Å²) in [4.78, 5) is 0. The van der Waals surface area contributed by atoms with E-state index in [1.807, 2.05) is 0 Å². The minimum atomic E-state index is -3.88. The van der Waals surface area contributed by atoms with E-state index in [4.69, 9.17) is 9.29 Å². The molecule has 1 fully saturated rings. The zero-order valence-electron chi connectivity index (χ0n) is 14.0. The summed E-state index contributed by atoms with van der Waals surface area (Å²) in [7, 11) is -3.88. The van der Waals surface area contributed by atoms with Crippen molar-refractivity contribution in [3.05, 3.63) is 29.8 Å². The first-order valence-corrected chi connectivity index (χ1v) is 10.2. The second kappa shape index (κ2) is 9.21. The number of aliphatic hydroxyl groups excluding tert-OH is 4. The summed E-state index contributed by atoms with van der Waals surface area (Å²) >= 11 is 0.782. The monoisotopic (exact) mass is 423 g/mol. The third-order valence-electron chi connectivity index (χ3n) is 3.65. The number of benzene rings is 1. The van der Waals surface area contributed by atoms with Gasteiger partial charge >= 0.3 is 0 Å². The van der Waals surface area contributed by atoms with Crippen molar-refractivity contribution in [3.63, 3.8) is 0 Å². The number of phenols is 1. The lowest BCUT2D eigenvalue weighted by atomic mass is 10.0. The molecule has 0 bridgehead atoms. The minimum Gasteiger partial charge on any atom is -0.508 e. The first-order chi connectivity index (χ1) is 12.6. The SMILES string of the molecule is C=S(=O)(O)O/N=C(\Cc1ccc(O)cc1)S[C@@H]1OC(CO)[C@@H](O)[C@H](O)C1O. The molecule has 0 radical (unpaired) electrons. The van der Waals surface area contributed by atoms with Crippen LogP contribution in [-0.4, -0.2) is 81.7 Å². The molecule has 0 aromatic heterocycles. The molecule has 1 saturated heterocycles. The molecule has 3 unspecified atom stereocenters. The van der Waals surface area contributed by atoms with Gasteiger partial charge in [0.25, 0.3) is 10.1 Å². The van der Waals surface area contributed by atoms with Crippen molar-refractivity contribution < 1.29 is 43.3 Å². The molecule has 12 heteroatoms. The summed E-state index contributed by atoms with van der Waals surface area (Å²) in [6.07, 6.45) is -5.62. The number of aromatic hydroxyl groups is 1. The van der Waals surface area contributed by atoms with Crippen LogP contribution in [0.25, 0.3) is 0 Å². The van der Waals surface area contributed by atoms with Crippen LogP contribution >= 0.6 is 11.8 Å². The Hall–Kier alpha value is -1.38. The fourth-order valence-electron chi connectivity index (χ4n) is 2.28. The molecule has 6 atom stereocenters. The normalized spacial score (nSPS) is 31.3. The highest BCUT2D eigenvalue weighted by Crippen LogP contribution is 2.30. The van der Waals surface area contributed by atoms with Gasteiger partial charge in [-0.25, -0.2) is 0 Å². The van der Waals surface area contributed by atoms with Crippen molar-refractivity contribution >= 4 is 32.8 Å². The number of aliphatic hydroxyl groups is 4. The predicted molar refractivity (Wildman–Crippen MR) is 99.6 cm³/mol. The Labute approximate surface area is 160 Å². The van der Waals surface area contributed by atoms with E-state index in [1.54, 1.807) is 12.1 Å². The van der Waals surface area contributed by atoms with Crippen LogP contribution in [0, 0.1) is 0 Å². The Bertz CT molecular complexity index is 751. The maximum absolute atomic E-state index is 11.2. The average Bonchev–Trinajstić information content (AvgIpc) is 2.61. The van der Waals surface area contributed by atoms with Gasteiger partial charge in [0.1, 0.15) is 40.6 Å². The van der Waals surface area contributed by atoms with Gasteiger partial charge in [-0.3, -0.25) is 8.84 Å². The van der Waals surface area contributed by atoms with E-state index in [0.29, 0.717) is 5.56 Å². The number of rotatable bonds is 6. The van der Waals surface area contributed by atoms with Gasteiger partial charge in [-0.1, -0.05) is 29.1 Å². The zero-order chi connectivity index (χ0) is 20.2. The largest absolute Gasteiger partial charge is 0.508 e. The number of hydrogen-bond donors (Lipinski definition) is 6. The molecule has 0 aliphatic carbocycles. The van der Waals surface area contributed by atoms with Gasteiger partial charge in [0.15, 0.2) is 0 Å². The fraction of sp³-hybridized carbons (Fsp3) is 0.467. The Morgan fingerprint density at radius 3 is 2.41 bits per heavy atom. The standard InChI is InChI=1S/C15H21NO9S2/c1-27(22,23)25-16-11(6-8-2-4-9(18)5-3-8)26-15-14(21)13(20)12(19)10(7-17)24-15/h2-5,10,12-15,17-21H,1,6-7H2,(H,22,23)/b16-11+/t10?,12-,13+,14?,15+/m1/s1. The summed E-state index contributed by atoms with van der Waals surface area (Å²) in [5.74, 6) is 2.94. The average molecular weight is 423 g/mol. The van der Waals surface area contributed by atoms with E-state index >= 15 is 0 Å². The van der Waals surface area contributed by atoms with Crippen molar-refractivity contribution in [2.75, 3.05) is 6.61 Å². The van der Waals surface area contributed by atoms with Crippen LogP contribution in [0.5, 0.6) is 5.75 Å². The van der Waals surface area contributed by atoms with E-state index in [9.17, 15) is 29.7 Å². The van der Waals surface area contributed by atoms with E-state index in [0.717, 1.165) is 11.8 Å². The molecule has 0 saturated carbocycles. The molecule has 1 heterocycles. The van der Waals surface area contributed by atoms with Gasteiger partial charge in [0.05, 0.1) is 6.61 Å². The molecule has 1 aromatic rings. The van der Waals surface area contributed by atoms with Crippen LogP contribution in [0.4, 0.5) is 0 Å². The van der Waals surface area contributed by atoms with Crippen molar-refractivity contribution in [2.45, 2.75) is 36.3 Å². The lowest BCUT2D eigenvalue weighted by Gasteiger charge is -2.39. The van der Waals surface area contributed by atoms with Gasteiger partial charge in [0, 0.05) is 12.3 Å². The Balaban J connectivity index is 2.20. The van der Waals surface area contributed by atoms with Gasteiger partial charge in [-0.15, -0.1) is 0 Å². The summed E-state index contributed by atoms with van der Waals surface area (Å²) < 4.78 is 30.2. The maximum atomic E-state index is 11.2. The van der Waals surface area contributed by atoms with E-state index in [1.165, 1.54) is 12.1 Å². The molecule has 10 nitrogen and oxygen atoms in total. The smallest absolute Gasteiger partial charge is 0.261 e. The van der Waals surface area contributed by atoms with Gasteiger partial charge < -0.3 is 30.3 Å². The number of ether oxygens (including phenoxy) is 1. The molecule has 2 rings (SSSR count). The molecule has 152 valence electrons. The second-order valence-corrected chi connectivity index (χ2v) is 8.28. The minimum absolute atomic E-state index is 0.0474. The van der Waals surface area contributed by atoms with Crippen LogP contribution in [-0.2, 0) is 25.5 Å². The maximum Gasteiger partial charge on any atom is 0.261 e. The molecule has 1 aromatic carbocycles. The zero-order valence-corrected chi connectivity index (χ0v) is 15.6. The molecule has 0 amide bonds.